The number of nitrogens with one attached hydrogen (secondary N) is 2. The summed E-state index contributed by atoms with van der Waals surface area (Å²) in [5.41, 5.74) is -0.570. The van der Waals surface area contributed by atoms with Crippen LogP contribution in [0.3, 0.4) is 0 Å². The minimum absolute atomic E-state index is 0.0423. The highest BCUT2D eigenvalue weighted by Gasteiger charge is 2.20. The van der Waals surface area contributed by atoms with E-state index in [9.17, 15) is 13.6 Å². The molecule has 0 radical (unpaired) electrons. The minimum atomic E-state index is -0.891. The van der Waals surface area contributed by atoms with Gasteiger partial charge in [0.25, 0.3) is 5.91 Å². The highest BCUT2D eigenvalue weighted by atomic mass is 79.9. The first kappa shape index (κ1) is 14.4. The van der Waals surface area contributed by atoms with Gasteiger partial charge in [0.05, 0.1) is 13.2 Å². The second-order valence-electron chi connectivity index (χ2n) is 4.18. The van der Waals surface area contributed by atoms with E-state index in [1.165, 1.54) is 0 Å². The number of carbonyl (C=O) groups excluding carboxylic acids is 1. The lowest BCUT2D eigenvalue weighted by Crippen LogP contribution is -2.48. The number of ether oxygens (including phenoxy) is 1. The van der Waals surface area contributed by atoms with Crippen molar-refractivity contribution >= 4 is 21.8 Å². The lowest BCUT2D eigenvalue weighted by Gasteiger charge is -2.24. The number of amides is 1. The Bertz CT molecular complexity index is 456. The third kappa shape index (κ3) is 3.71. The van der Waals surface area contributed by atoms with Crippen molar-refractivity contribution in [2.45, 2.75) is 6.04 Å². The number of carbonyl (C=O) groups is 1. The average molecular weight is 335 g/mol. The van der Waals surface area contributed by atoms with Crippen molar-refractivity contribution in [3.63, 3.8) is 0 Å². The van der Waals surface area contributed by atoms with Crippen LogP contribution >= 0.6 is 15.9 Å². The SMILES string of the molecule is O=C(NCC1COCCN1)c1c(F)cc(Br)cc1F. The average Bonchev–Trinajstić information content (AvgIpc) is 2.36. The number of rotatable bonds is 3. The van der Waals surface area contributed by atoms with E-state index in [2.05, 4.69) is 26.6 Å². The number of hydrogen-bond donors (Lipinski definition) is 2. The van der Waals surface area contributed by atoms with Gasteiger partial charge in [-0.1, -0.05) is 15.9 Å². The normalized spacial score (nSPS) is 19.2. The largest absolute Gasteiger partial charge is 0.378 e. The molecule has 19 heavy (non-hydrogen) atoms. The summed E-state index contributed by atoms with van der Waals surface area (Å²) in [6, 6.07) is 2.07. The lowest BCUT2D eigenvalue weighted by molar-refractivity contribution is 0.0733. The van der Waals surface area contributed by atoms with E-state index in [0.717, 1.165) is 12.1 Å². The maximum atomic E-state index is 13.6. The predicted molar refractivity (Wildman–Crippen MR) is 69.0 cm³/mol. The molecule has 4 nitrogen and oxygen atoms in total. The molecule has 1 fully saturated rings. The summed E-state index contributed by atoms with van der Waals surface area (Å²) in [7, 11) is 0. The number of benzene rings is 1. The maximum Gasteiger partial charge on any atom is 0.257 e. The Labute approximate surface area is 117 Å². The van der Waals surface area contributed by atoms with Gasteiger partial charge in [-0.3, -0.25) is 4.79 Å². The summed E-state index contributed by atoms with van der Waals surface area (Å²) in [6.45, 7) is 2.04. The molecule has 1 atom stereocenters. The van der Waals surface area contributed by atoms with Gasteiger partial charge in [0.15, 0.2) is 0 Å². The first-order valence-corrected chi connectivity index (χ1v) is 6.61. The number of morpholine rings is 1. The monoisotopic (exact) mass is 334 g/mol. The van der Waals surface area contributed by atoms with Gasteiger partial charge in [-0.05, 0) is 12.1 Å². The molecular weight excluding hydrogens is 322 g/mol. The van der Waals surface area contributed by atoms with Gasteiger partial charge in [0.2, 0.25) is 0 Å². The van der Waals surface area contributed by atoms with Crippen LogP contribution in [0.15, 0.2) is 16.6 Å². The van der Waals surface area contributed by atoms with Crippen LogP contribution in [0.25, 0.3) is 0 Å². The second kappa shape index (κ2) is 6.40. The fraction of sp³-hybridized carbons (Fsp3) is 0.417. The Morgan fingerprint density at radius 2 is 2.16 bits per heavy atom. The molecule has 1 aromatic carbocycles. The summed E-state index contributed by atoms with van der Waals surface area (Å²) in [4.78, 5) is 11.8. The molecule has 0 saturated carbocycles. The van der Waals surface area contributed by atoms with Crippen molar-refractivity contribution in [3.8, 4) is 0 Å². The fourth-order valence-corrected chi connectivity index (χ4v) is 2.22. The fourth-order valence-electron chi connectivity index (χ4n) is 1.81. The highest BCUT2D eigenvalue weighted by Crippen LogP contribution is 2.19. The molecule has 104 valence electrons. The van der Waals surface area contributed by atoms with Crippen molar-refractivity contribution in [2.24, 2.45) is 0 Å². The van der Waals surface area contributed by atoms with Crippen molar-refractivity contribution in [2.75, 3.05) is 26.3 Å². The maximum absolute atomic E-state index is 13.6. The first-order valence-electron chi connectivity index (χ1n) is 5.82. The molecule has 1 heterocycles. The van der Waals surface area contributed by atoms with E-state index >= 15 is 0 Å². The molecule has 1 saturated heterocycles. The zero-order valence-corrected chi connectivity index (χ0v) is 11.6. The molecule has 2 N–H and O–H groups in total. The van der Waals surface area contributed by atoms with Crippen LogP contribution in [0.2, 0.25) is 0 Å². The van der Waals surface area contributed by atoms with Crippen LogP contribution in [-0.2, 0) is 4.74 Å². The Morgan fingerprint density at radius 1 is 1.47 bits per heavy atom. The molecule has 0 bridgehead atoms. The van der Waals surface area contributed by atoms with Crippen LogP contribution in [-0.4, -0.2) is 38.3 Å². The molecule has 7 heteroatoms. The van der Waals surface area contributed by atoms with Crippen LogP contribution in [0.4, 0.5) is 8.78 Å². The van der Waals surface area contributed by atoms with Gasteiger partial charge in [-0.15, -0.1) is 0 Å². The van der Waals surface area contributed by atoms with E-state index in [1.54, 1.807) is 0 Å². The molecule has 0 spiro atoms. The van der Waals surface area contributed by atoms with Crippen LogP contribution < -0.4 is 10.6 Å². The van der Waals surface area contributed by atoms with E-state index in [1.807, 2.05) is 0 Å². The standard InChI is InChI=1S/C12H13BrF2N2O2/c13-7-3-9(14)11(10(15)4-7)12(18)17-5-8-6-19-2-1-16-8/h3-4,8,16H,1-2,5-6H2,(H,17,18). The second-order valence-corrected chi connectivity index (χ2v) is 5.10. The molecule has 1 aliphatic rings. The Kier molecular flexibility index (Phi) is 4.84. The zero-order valence-electron chi connectivity index (χ0n) is 10.0. The Morgan fingerprint density at radius 3 is 2.74 bits per heavy atom. The molecule has 1 aromatic rings. The van der Waals surface area contributed by atoms with Gasteiger partial charge < -0.3 is 15.4 Å². The van der Waals surface area contributed by atoms with Gasteiger partial charge in [-0.25, -0.2) is 8.78 Å². The van der Waals surface area contributed by atoms with Crippen LogP contribution in [0.5, 0.6) is 0 Å². The van der Waals surface area contributed by atoms with E-state index < -0.39 is 23.1 Å². The summed E-state index contributed by atoms with van der Waals surface area (Å²) < 4.78 is 32.6. The van der Waals surface area contributed by atoms with Gasteiger partial charge >= 0.3 is 0 Å². The minimum Gasteiger partial charge on any atom is -0.378 e. The van der Waals surface area contributed by atoms with Crippen molar-refractivity contribution in [1.29, 1.82) is 0 Å². The molecule has 1 unspecified atom stereocenters. The van der Waals surface area contributed by atoms with Crippen LogP contribution in [0.1, 0.15) is 10.4 Å². The quantitative estimate of drug-likeness (QED) is 0.879. The molecule has 0 aliphatic carbocycles. The molecule has 2 rings (SSSR count). The topological polar surface area (TPSA) is 50.4 Å². The molecule has 1 aliphatic heterocycles. The molecule has 0 aromatic heterocycles. The lowest BCUT2D eigenvalue weighted by atomic mass is 10.1. The smallest absolute Gasteiger partial charge is 0.257 e. The predicted octanol–water partition coefficient (Wildman–Crippen LogP) is 1.45. The van der Waals surface area contributed by atoms with Crippen LogP contribution in [0, 0.1) is 11.6 Å². The van der Waals surface area contributed by atoms with Gasteiger partial charge in [-0.2, -0.15) is 0 Å². The van der Waals surface area contributed by atoms with E-state index in [-0.39, 0.29) is 17.1 Å². The Balaban J connectivity index is 1.99. The summed E-state index contributed by atoms with van der Waals surface area (Å²) >= 11 is 2.96. The van der Waals surface area contributed by atoms with Crippen molar-refractivity contribution < 1.29 is 18.3 Å². The zero-order chi connectivity index (χ0) is 13.8. The third-order valence-corrected chi connectivity index (χ3v) is 3.20. The first-order chi connectivity index (χ1) is 9.08. The number of hydrogen-bond acceptors (Lipinski definition) is 3. The number of halogens is 3. The molecule has 1 amide bonds. The van der Waals surface area contributed by atoms with Gasteiger partial charge in [0, 0.05) is 23.6 Å². The highest BCUT2D eigenvalue weighted by molar-refractivity contribution is 9.10. The molecular formula is C12H13BrF2N2O2. The van der Waals surface area contributed by atoms with Gasteiger partial charge in [0.1, 0.15) is 17.2 Å². The summed E-state index contributed by atoms with van der Waals surface area (Å²) in [5.74, 6) is -2.55. The summed E-state index contributed by atoms with van der Waals surface area (Å²) in [5, 5.41) is 5.62. The van der Waals surface area contributed by atoms with Crippen molar-refractivity contribution in [3.05, 3.63) is 33.8 Å². The third-order valence-electron chi connectivity index (χ3n) is 2.74. The Hall–Kier alpha value is -1.05. The van der Waals surface area contributed by atoms with Crippen molar-refractivity contribution in [1.82, 2.24) is 10.6 Å². The van der Waals surface area contributed by atoms with E-state index in [4.69, 9.17) is 4.74 Å². The summed E-state index contributed by atoms with van der Waals surface area (Å²) in [6.07, 6.45) is 0. The van der Waals surface area contributed by atoms with E-state index in [0.29, 0.717) is 19.8 Å².